The summed E-state index contributed by atoms with van der Waals surface area (Å²) in [5.41, 5.74) is 0. The van der Waals surface area contributed by atoms with E-state index in [4.69, 9.17) is 0 Å². The molecule has 0 aromatic rings. The van der Waals surface area contributed by atoms with Crippen LogP contribution in [0.5, 0.6) is 0 Å². The minimum absolute atomic E-state index is 0.0185. The van der Waals surface area contributed by atoms with Crippen LogP contribution in [0.4, 0.5) is 4.39 Å². The quantitative estimate of drug-likeness (QED) is 0.527. The summed E-state index contributed by atoms with van der Waals surface area (Å²) in [5.74, 6) is 0. The molecule has 1 rings (SSSR count). The highest BCUT2D eigenvalue weighted by Crippen LogP contribution is 2.03. The number of likely N-dealkylation sites (N-methyl/N-ethyl adjacent to an activating group) is 1. The van der Waals surface area contributed by atoms with Crippen LogP contribution < -0.4 is 5.32 Å². The molecule has 1 N–H and O–H groups in total. The van der Waals surface area contributed by atoms with E-state index in [1.165, 1.54) is 0 Å². The molecule has 0 bridgehead atoms. The SMILES string of the molecule is C[C@@H]1NCCN(C)C[C@@H]1F. The first kappa shape index (κ1) is 7.95. The van der Waals surface area contributed by atoms with Gasteiger partial charge < -0.3 is 10.2 Å². The molecule has 1 fully saturated rings. The third-order valence-electron chi connectivity index (χ3n) is 1.99. The molecular formula is C7H15FN2. The monoisotopic (exact) mass is 146 g/mol. The van der Waals surface area contributed by atoms with E-state index in [2.05, 4.69) is 5.32 Å². The third-order valence-corrected chi connectivity index (χ3v) is 1.99. The number of nitrogens with zero attached hydrogens (tertiary/aromatic N) is 1. The van der Waals surface area contributed by atoms with Gasteiger partial charge in [-0.15, -0.1) is 0 Å². The van der Waals surface area contributed by atoms with Crippen LogP contribution in [0.1, 0.15) is 6.92 Å². The van der Waals surface area contributed by atoms with Gasteiger partial charge in [-0.2, -0.15) is 0 Å². The molecule has 0 aliphatic carbocycles. The van der Waals surface area contributed by atoms with Gasteiger partial charge in [0.1, 0.15) is 6.17 Å². The summed E-state index contributed by atoms with van der Waals surface area (Å²) in [7, 11) is 1.95. The van der Waals surface area contributed by atoms with Gasteiger partial charge in [-0.05, 0) is 14.0 Å². The zero-order chi connectivity index (χ0) is 7.56. The lowest BCUT2D eigenvalue weighted by Gasteiger charge is -2.15. The van der Waals surface area contributed by atoms with E-state index in [-0.39, 0.29) is 6.04 Å². The van der Waals surface area contributed by atoms with Crippen molar-refractivity contribution in [3.63, 3.8) is 0 Å². The van der Waals surface area contributed by atoms with Crippen molar-refractivity contribution in [2.75, 3.05) is 26.7 Å². The van der Waals surface area contributed by atoms with E-state index < -0.39 is 6.17 Å². The Bertz CT molecular complexity index is 108. The fourth-order valence-electron chi connectivity index (χ4n) is 1.16. The first-order valence-electron chi connectivity index (χ1n) is 3.76. The molecule has 1 heterocycles. The Hall–Kier alpha value is -0.150. The number of rotatable bonds is 0. The van der Waals surface area contributed by atoms with Crippen LogP contribution in [0.25, 0.3) is 0 Å². The summed E-state index contributed by atoms with van der Waals surface area (Å²) in [6.07, 6.45) is -0.715. The van der Waals surface area contributed by atoms with E-state index in [1.54, 1.807) is 0 Å². The van der Waals surface area contributed by atoms with E-state index in [9.17, 15) is 4.39 Å². The Morgan fingerprint density at radius 2 is 2.30 bits per heavy atom. The summed E-state index contributed by atoms with van der Waals surface area (Å²) in [6, 6.07) is 0.0185. The Balaban J connectivity index is 2.41. The van der Waals surface area contributed by atoms with E-state index in [1.807, 2.05) is 18.9 Å². The molecule has 0 amide bonds. The van der Waals surface area contributed by atoms with Crippen molar-refractivity contribution in [1.29, 1.82) is 0 Å². The van der Waals surface area contributed by atoms with Crippen LogP contribution in [0.15, 0.2) is 0 Å². The maximum absolute atomic E-state index is 13.0. The highest BCUT2D eigenvalue weighted by molar-refractivity contribution is 4.78. The fraction of sp³-hybridized carbons (Fsp3) is 1.00. The van der Waals surface area contributed by atoms with Gasteiger partial charge in [-0.1, -0.05) is 0 Å². The van der Waals surface area contributed by atoms with Gasteiger partial charge in [0.05, 0.1) is 0 Å². The molecule has 1 saturated heterocycles. The number of hydrogen-bond donors (Lipinski definition) is 1. The molecule has 0 spiro atoms. The summed E-state index contributed by atoms with van der Waals surface area (Å²) >= 11 is 0. The van der Waals surface area contributed by atoms with Gasteiger partial charge in [0.25, 0.3) is 0 Å². The lowest BCUT2D eigenvalue weighted by Crippen LogP contribution is -2.35. The molecule has 0 saturated carbocycles. The lowest BCUT2D eigenvalue weighted by atomic mass is 10.2. The van der Waals surface area contributed by atoms with Gasteiger partial charge in [0.15, 0.2) is 0 Å². The lowest BCUT2D eigenvalue weighted by molar-refractivity contribution is 0.219. The normalized spacial score (nSPS) is 37.5. The number of nitrogens with one attached hydrogen (secondary N) is 1. The van der Waals surface area contributed by atoms with E-state index in [0.717, 1.165) is 13.1 Å². The summed E-state index contributed by atoms with van der Waals surface area (Å²) < 4.78 is 13.0. The number of alkyl halides is 1. The molecule has 1 aliphatic heterocycles. The predicted molar refractivity (Wildman–Crippen MR) is 39.9 cm³/mol. The molecule has 0 radical (unpaired) electrons. The van der Waals surface area contributed by atoms with Crippen LogP contribution >= 0.6 is 0 Å². The molecule has 1 aliphatic rings. The molecule has 0 aromatic carbocycles. The molecule has 0 aromatic heterocycles. The molecular weight excluding hydrogens is 131 g/mol. The average Bonchev–Trinajstić information content (AvgIpc) is 1.96. The van der Waals surface area contributed by atoms with Crippen LogP contribution in [0.3, 0.4) is 0 Å². The van der Waals surface area contributed by atoms with Crippen molar-refractivity contribution in [1.82, 2.24) is 10.2 Å². The van der Waals surface area contributed by atoms with Crippen molar-refractivity contribution in [3.05, 3.63) is 0 Å². The Labute approximate surface area is 61.4 Å². The molecule has 10 heavy (non-hydrogen) atoms. The zero-order valence-electron chi connectivity index (χ0n) is 6.60. The largest absolute Gasteiger partial charge is 0.310 e. The Kier molecular flexibility index (Phi) is 2.63. The first-order valence-corrected chi connectivity index (χ1v) is 3.76. The second kappa shape index (κ2) is 3.30. The topological polar surface area (TPSA) is 15.3 Å². The molecule has 2 atom stereocenters. The summed E-state index contributed by atoms with van der Waals surface area (Å²) in [6.45, 7) is 4.31. The minimum atomic E-state index is -0.715. The van der Waals surface area contributed by atoms with Crippen LogP contribution in [-0.4, -0.2) is 43.8 Å². The van der Waals surface area contributed by atoms with Crippen LogP contribution in [0, 0.1) is 0 Å². The number of halogens is 1. The van der Waals surface area contributed by atoms with Crippen molar-refractivity contribution in [2.24, 2.45) is 0 Å². The molecule has 2 nitrogen and oxygen atoms in total. The summed E-state index contributed by atoms with van der Waals surface area (Å²) in [4.78, 5) is 2.02. The highest BCUT2D eigenvalue weighted by atomic mass is 19.1. The second-order valence-electron chi connectivity index (χ2n) is 3.02. The van der Waals surface area contributed by atoms with Gasteiger partial charge in [0.2, 0.25) is 0 Å². The number of hydrogen-bond acceptors (Lipinski definition) is 2. The van der Waals surface area contributed by atoms with Gasteiger partial charge in [-0.25, -0.2) is 4.39 Å². The maximum atomic E-state index is 13.0. The minimum Gasteiger partial charge on any atom is -0.310 e. The highest BCUT2D eigenvalue weighted by Gasteiger charge is 2.20. The second-order valence-corrected chi connectivity index (χ2v) is 3.02. The average molecular weight is 146 g/mol. The zero-order valence-corrected chi connectivity index (χ0v) is 6.60. The van der Waals surface area contributed by atoms with E-state index in [0.29, 0.717) is 6.54 Å². The van der Waals surface area contributed by atoms with Crippen LogP contribution in [0.2, 0.25) is 0 Å². The van der Waals surface area contributed by atoms with Crippen molar-refractivity contribution >= 4 is 0 Å². The Morgan fingerprint density at radius 1 is 1.60 bits per heavy atom. The predicted octanol–water partition coefficient (Wildman–Crippen LogP) is 0.248. The van der Waals surface area contributed by atoms with Crippen molar-refractivity contribution in [2.45, 2.75) is 19.1 Å². The fourth-order valence-corrected chi connectivity index (χ4v) is 1.16. The van der Waals surface area contributed by atoms with Gasteiger partial charge in [0, 0.05) is 25.7 Å². The maximum Gasteiger partial charge on any atom is 0.128 e. The molecule has 3 heteroatoms. The molecule has 0 unspecified atom stereocenters. The van der Waals surface area contributed by atoms with E-state index >= 15 is 0 Å². The van der Waals surface area contributed by atoms with Crippen LogP contribution in [-0.2, 0) is 0 Å². The van der Waals surface area contributed by atoms with Crippen molar-refractivity contribution in [3.8, 4) is 0 Å². The van der Waals surface area contributed by atoms with Gasteiger partial charge in [-0.3, -0.25) is 0 Å². The molecule has 60 valence electrons. The Morgan fingerprint density at radius 3 is 3.00 bits per heavy atom. The standard InChI is InChI=1S/C7H15FN2/c1-6-7(8)5-10(2)4-3-9-6/h6-7,9H,3-5H2,1-2H3/t6-,7-/m0/s1. The van der Waals surface area contributed by atoms with Crippen molar-refractivity contribution < 1.29 is 4.39 Å². The first-order chi connectivity index (χ1) is 4.70. The van der Waals surface area contributed by atoms with Gasteiger partial charge >= 0.3 is 0 Å². The summed E-state index contributed by atoms with van der Waals surface area (Å²) in [5, 5.41) is 3.11. The third kappa shape index (κ3) is 1.92. The smallest absolute Gasteiger partial charge is 0.128 e.